The van der Waals surface area contributed by atoms with Crippen molar-refractivity contribution in [1.82, 2.24) is 4.98 Å². The maximum absolute atomic E-state index is 14.7. The van der Waals surface area contributed by atoms with Gasteiger partial charge in [-0.1, -0.05) is 25.4 Å². The molecule has 1 amide bonds. The molecule has 1 aromatic heterocycles. The van der Waals surface area contributed by atoms with E-state index >= 15 is 0 Å². The number of aliphatic imine (C=N–C) groups is 1. The number of nitrogens with two attached hydrogens (primary N) is 1. The van der Waals surface area contributed by atoms with E-state index in [0.29, 0.717) is 10.6 Å². The smallest absolute Gasteiger partial charge is 0.283 e. The number of anilines is 1. The number of amidine groups is 1. The highest BCUT2D eigenvalue weighted by Crippen LogP contribution is 2.56. The highest BCUT2D eigenvalue weighted by molar-refractivity contribution is 6.30. The molecule has 6 nitrogen and oxygen atoms in total. The molecule has 3 atom stereocenters. The minimum atomic E-state index is -3.02. The van der Waals surface area contributed by atoms with Crippen LogP contribution in [0.25, 0.3) is 0 Å². The Balaban J connectivity index is 1.71. The summed E-state index contributed by atoms with van der Waals surface area (Å²) in [4.78, 5) is 20.8. The molecule has 0 bridgehead atoms. The van der Waals surface area contributed by atoms with Crippen LogP contribution in [0.5, 0.6) is 0 Å². The summed E-state index contributed by atoms with van der Waals surface area (Å²) in [6.45, 7) is 3.76. The first-order chi connectivity index (χ1) is 14.6. The maximum atomic E-state index is 14.7. The third kappa shape index (κ3) is 3.71. The average Bonchev–Trinajstić information content (AvgIpc) is 3.48. The third-order valence-corrected chi connectivity index (χ3v) is 5.78. The predicted molar refractivity (Wildman–Crippen MR) is 110 cm³/mol. The van der Waals surface area contributed by atoms with Gasteiger partial charge in [0.2, 0.25) is 0 Å². The van der Waals surface area contributed by atoms with Crippen LogP contribution in [0.1, 0.15) is 47.8 Å². The lowest BCUT2D eigenvalue weighted by molar-refractivity contribution is 0.0177. The number of amides is 1. The lowest BCUT2D eigenvalue weighted by Crippen LogP contribution is -2.43. The number of halogens is 4. The molecule has 0 saturated heterocycles. The van der Waals surface area contributed by atoms with Crippen molar-refractivity contribution in [1.29, 1.82) is 0 Å². The van der Waals surface area contributed by atoms with Gasteiger partial charge in [0, 0.05) is 23.4 Å². The van der Waals surface area contributed by atoms with Crippen molar-refractivity contribution in [3.63, 3.8) is 0 Å². The Morgan fingerprint density at radius 2 is 2.10 bits per heavy atom. The van der Waals surface area contributed by atoms with Crippen LogP contribution >= 0.6 is 11.6 Å². The first-order valence-electron chi connectivity index (χ1n) is 9.70. The monoisotopic (exact) mass is 452 g/mol. The van der Waals surface area contributed by atoms with Gasteiger partial charge in [-0.15, -0.1) is 0 Å². The Hall–Kier alpha value is -2.81. The number of benzene rings is 1. The Kier molecular flexibility index (Phi) is 5.33. The van der Waals surface area contributed by atoms with Gasteiger partial charge in [0.05, 0.1) is 5.02 Å². The van der Waals surface area contributed by atoms with Gasteiger partial charge in [0.15, 0.2) is 5.54 Å². The molecule has 0 spiro atoms. The number of hydrogen-bond donors (Lipinski definition) is 2. The number of alkyl halides is 2. The highest BCUT2D eigenvalue weighted by Gasteiger charge is 2.64. The summed E-state index contributed by atoms with van der Waals surface area (Å²) >= 11 is 5.98. The van der Waals surface area contributed by atoms with E-state index in [9.17, 15) is 18.0 Å². The van der Waals surface area contributed by atoms with Crippen molar-refractivity contribution in [2.24, 2.45) is 16.6 Å². The lowest BCUT2D eigenvalue weighted by atomic mass is 9.84. The minimum absolute atomic E-state index is 0.0378. The molecule has 1 aromatic carbocycles. The fourth-order valence-electron chi connectivity index (χ4n) is 3.98. The van der Waals surface area contributed by atoms with Crippen LogP contribution in [-0.2, 0) is 10.3 Å². The molecule has 0 radical (unpaired) electrons. The largest absolute Gasteiger partial charge is 0.462 e. The van der Waals surface area contributed by atoms with E-state index in [-0.39, 0.29) is 29.3 Å². The molecular formula is C21H20ClF3N4O2. The van der Waals surface area contributed by atoms with E-state index in [1.54, 1.807) is 6.07 Å². The summed E-state index contributed by atoms with van der Waals surface area (Å²) < 4.78 is 48.4. The van der Waals surface area contributed by atoms with Crippen molar-refractivity contribution >= 4 is 29.2 Å². The Bertz CT molecular complexity index is 1080. The van der Waals surface area contributed by atoms with E-state index in [4.69, 9.17) is 22.1 Å². The number of fused-ring (bicyclic) bond motifs is 1. The zero-order valence-corrected chi connectivity index (χ0v) is 17.5. The Labute approximate surface area is 181 Å². The minimum Gasteiger partial charge on any atom is -0.462 e. The van der Waals surface area contributed by atoms with Crippen molar-refractivity contribution < 1.29 is 22.7 Å². The van der Waals surface area contributed by atoms with Crippen molar-refractivity contribution in [3.05, 3.63) is 58.1 Å². The number of nitrogens with zero attached hydrogens (tertiary/aromatic N) is 2. The molecule has 2 aliphatic rings. The molecule has 2 heterocycles. The van der Waals surface area contributed by atoms with E-state index in [1.807, 2.05) is 13.8 Å². The molecule has 31 heavy (non-hydrogen) atoms. The van der Waals surface area contributed by atoms with Crippen LogP contribution in [0.4, 0.5) is 18.9 Å². The van der Waals surface area contributed by atoms with Gasteiger partial charge in [-0.3, -0.25) is 4.79 Å². The molecule has 10 heteroatoms. The van der Waals surface area contributed by atoms with Crippen LogP contribution in [0.3, 0.4) is 0 Å². The molecule has 1 aliphatic heterocycles. The number of aromatic nitrogens is 1. The topological polar surface area (TPSA) is 89.6 Å². The van der Waals surface area contributed by atoms with Gasteiger partial charge in [-0.05, 0) is 42.2 Å². The summed E-state index contributed by atoms with van der Waals surface area (Å²) in [6.07, 6.45) is -1.92. The van der Waals surface area contributed by atoms with Crippen LogP contribution in [0.2, 0.25) is 5.02 Å². The SMILES string of the molecule is CC(C)c1cc(Cl)cnc1C(=O)Nc1ccc(F)c([C@@]2(C(F)F)N=C(N)O[C@@H]3C[C@@H]32)c1. The molecule has 1 saturated carbocycles. The summed E-state index contributed by atoms with van der Waals surface area (Å²) in [5.41, 5.74) is 3.98. The van der Waals surface area contributed by atoms with Gasteiger partial charge in [0.25, 0.3) is 18.4 Å². The van der Waals surface area contributed by atoms with Gasteiger partial charge in [0.1, 0.15) is 17.6 Å². The highest BCUT2D eigenvalue weighted by atomic mass is 35.5. The van der Waals surface area contributed by atoms with Crippen molar-refractivity contribution in [2.45, 2.75) is 44.3 Å². The number of nitrogens with one attached hydrogen (secondary N) is 1. The molecule has 1 fully saturated rings. The van der Waals surface area contributed by atoms with Gasteiger partial charge in [-0.25, -0.2) is 23.1 Å². The van der Waals surface area contributed by atoms with E-state index in [0.717, 1.165) is 6.07 Å². The Morgan fingerprint density at radius 1 is 1.35 bits per heavy atom. The maximum Gasteiger partial charge on any atom is 0.283 e. The number of carbonyl (C=O) groups excluding carboxylic acids is 1. The number of hydrogen-bond acceptors (Lipinski definition) is 5. The van der Waals surface area contributed by atoms with Gasteiger partial charge < -0.3 is 15.8 Å². The molecule has 4 rings (SSSR count). The van der Waals surface area contributed by atoms with Crippen LogP contribution < -0.4 is 11.1 Å². The summed E-state index contributed by atoms with van der Waals surface area (Å²) in [7, 11) is 0. The first-order valence-corrected chi connectivity index (χ1v) is 10.1. The zero-order chi connectivity index (χ0) is 22.5. The number of rotatable bonds is 5. The third-order valence-electron chi connectivity index (χ3n) is 5.57. The summed E-state index contributed by atoms with van der Waals surface area (Å²) in [6, 6.07) is 4.72. The summed E-state index contributed by atoms with van der Waals surface area (Å²) in [5.74, 6) is -2.17. The number of ether oxygens (including phenoxy) is 1. The standard InChI is InChI=1S/C21H20ClF3N4O2/c1-9(2)12-5-10(22)8-27-17(12)18(30)28-11-3-4-15(23)13(6-11)21(19(24)25)14-7-16(14)31-20(26)29-21/h3-6,8-9,14,16,19H,7H2,1-2H3,(H2,26,29)(H,28,30)/t14-,16+,21+/m0/s1. The zero-order valence-electron chi connectivity index (χ0n) is 16.7. The average molecular weight is 453 g/mol. The quantitative estimate of drug-likeness (QED) is 0.701. The van der Waals surface area contributed by atoms with Gasteiger partial charge in [-0.2, -0.15) is 0 Å². The molecule has 2 aromatic rings. The molecule has 3 N–H and O–H groups in total. The Morgan fingerprint density at radius 3 is 2.77 bits per heavy atom. The molecule has 164 valence electrons. The molecule has 1 aliphatic carbocycles. The second-order valence-electron chi connectivity index (χ2n) is 7.97. The van der Waals surface area contributed by atoms with E-state index < -0.39 is 41.7 Å². The van der Waals surface area contributed by atoms with Gasteiger partial charge >= 0.3 is 0 Å². The predicted octanol–water partition coefficient (Wildman–Crippen LogP) is 4.44. The molecule has 0 unspecified atom stereocenters. The van der Waals surface area contributed by atoms with Crippen LogP contribution in [-0.4, -0.2) is 29.4 Å². The van der Waals surface area contributed by atoms with Crippen molar-refractivity contribution in [2.75, 3.05) is 5.32 Å². The number of pyridine rings is 1. The lowest BCUT2D eigenvalue weighted by Gasteiger charge is -2.33. The fourth-order valence-corrected chi connectivity index (χ4v) is 4.15. The summed E-state index contributed by atoms with van der Waals surface area (Å²) in [5, 5.41) is 2.99. The van der Waals surface area contributed by atoms with Crippen molar-refractivity contribution in [3.8, 4) is 0 Å². The number of carbonyl (C=O) groups is 1. The normalized spacial score (nSPS) is 24.5. The second-order valence-corrected chi connectivity index (χ2v) is 8.41. The fraction of sp³-hybridized carbons (Fsp3) is 0.381. The van der Waals surface area contributed by atoms with E-state index in [1.165, 1.54) is 18.3 Å². The molecular weight excluding hydrogens is 433 g/mol. The second kappa shape index (κ2) is 7.71. The van der Waals surface area contributed by atoms with Crippen LogP contribution in [0.15, 0.2) is 35.5 Å². The van der Waals surface area contributed by atoms with Crippen LogP contribution in [0, 0.1) is 11.7 Å². The van der Waals surface area contributed by atoms with E-state index in [2.05, 4.69) is 15.3 Å². The first kappa shape index (κ1) is 21.4.